The van der Waals surface area contributed by atoms with Gasteiger partial charge in [-0.05, 0) is 12.8 Å². The van der Waals surface area contributed by atoms with Crippen LogP contribution in [0.15, 0.2) is 5.16 Å². The van der Waals surface area contributed by atoms with Crippen molar-refractivity contribution < 1.29 is 24.3 Å². The molecule has 0 radical (unpaired) electrons. The number of aliphatic carboxylic acids is 1. The molecule has 0 aromatic rings. The first kappa shape index (κ1) is 12.8. The van der Waals surface area contributed by atoms with Crippen LogP contribution in [0, 0.1) is 0 Å². The van der Waals surface area contributed by atoms with Gasteiger partial charge < -0.3 is 19.6 Å². The zero-order valence-electron chi connectivity index (χ0n) is 10.2. The average Bonchev–Trinajstić information content (AvgIpc) is 2.87. The molecule has 1 amide bonds. The third-order valence-electron chi connectivity index (χ3n) is 3.21. The molecule has 1 N–H and O–H groups in total. The van der Waals surface area contributed by atoms with Crippen molar-refractivity contribution >= 4 is 17.6 Å². The smallest absolute Gasteiger partial charge is 0.353 e. The largest absolute Gasteiger partial charge is 0.477 e. The molecule has 0 aromatic carbocycles. The van der Waals surface area contributed by atoms with Crippen molar-refractivity contribution in [3.8, 4) is 0 Å². The van der Waals surface area contributed by atoms with E-state index in [-0.39, 0.29) is 24.1 Å². The second-order valence-electron chi connectivity index (χ2n) is 4.43. The Balaban J connectivity index is 1.91. The number of hydrogen-bond donors (Lipinski definition) is 1. The Hall–Kier alpha value is -1.63. The van der Waals surface area contributed by atoms with Crippen LogP contribution in [-0.4, -0.2) is 60.0 Å². The molecule has 2 atom stereocenters. The quantitative estimate of drug-likeness (QED) is 0.758. The summed E-state index contributed by atoms with van der Waals surface area (Å²) < 4.78 is 5.24. The Bertz CT molecular complexity index is 382. The van der Waals surface area contributed by atoms with E-state index in [1.54, 1.807) is 12.0 Å². The molecule has 2 rings (SSSR count). The van der Waals surface area contributed by atoms with Crippen LogP contribution in [0.2, 0.25) is 0 Å². The Kier molecular flexibility index (Phi) is 3.81. The van der Waals surface area contributed by atoms with Crippen LogP contribution in [0.1, 0.15) is 19.3 Å². The van der Waals surface area contributed by atoms with Gasteiger partial charge in [-0.25, -0.2) is 4.79 Å². The van der Waals surface area contributed by atoms with Crippen molar-refractivity contribution in [2.45, 2.75) is 31.5 Å². The van der Waals surface area contributed by atoms with Crippen molar-refractivity contribution in [2.75, 3.05) is 20.2 Å². The van der Waals surface area contributed by atoms with Crippen LogP contribution >= 0.6 is 0 Å². The predicted octanol–water partition coefficient (Wildman–Crippen LogP) is -0.147. The van der Waals surface area contributed by atoms with Crippen LogP contribution in [0.4, 0.5) is 0 Å². The molecular formula is C11H16N2O5. The maximum absolute atomic E-state index is 12.1. The first-order valence-electron chi connectivity index (χ1n) is 5.89. The van der Waals surface area contributed by atoms with Gasteiger partial charge in [0.2, 0.25) is 6.10 Å². The van der Waals surface area contributed by atoms with E-state index in [2.05, 4.69) is 5.16 Å². The minimum absolute atomic E-state index is 0.0301. The molecule has 1 saturated heterocycles. The maximum Gasteiger partial charge on any atom is 0.353 e. The SMILES string of the molecule is COC1CCCN(C(=O)C2CC(C(=O)O)=NO2)C1. The van der Waals surface area contributed by atoms with Gasteiger partial charge in [-0.15, -0.1) is 0 Å². The molecular weight excluding hydrogens is 240 g/mol. The lowest BCUT2D eigenvalue weighted by Gasteiger charge is -2.32. The maximum atomic E-state index is 12.1. The van der Waals surface area contributed by atoms with Gasteiger partial charge in [0.25, 0.3) is 5.91 Å². The Morgan fingerprint density at radius 2 is 2.33 bits per heavy atom. The molecule has 0 aromatic heterocycles. The van der Waals surface area contributed by atoms with Gasteiger partial charge in [0, 0.05) is 26.6 Å². The van der Waals surface area contributed by atoms with E-state index in [1.807, 2.05) is 0 Å². The van der Waals surface area contributed by atoms with Gasteiger partial charge in [0.15, 0.2) is 5.71 Å². The molecule has 18 heavy (non-hydrogen) atoms. The third-order valence-corrected chi connectivity index (χ3v) is 3.21. The number of carbonyl (C=O) groups excluding carboxylic acids is 1. The summed E-state index contributed by atoms with van der Waals surface area (Å²) in [6.07, 6.45) is 1.09. The van der Waals surface area contributed by atoms with Gasteiger partial charge in [-0.3, -0.25) is 4.79 Å². The number of rotatable bonds is 3. The number of oxime groups is 1. The highest BCUT2D eigenvalue weighted by Gasteiger charge is 2.36. The topological polar surface area (TPSA) is 88.4 Å². The fraction of sp³-hybridized carbons (Fsp3) is 0.727. The number of hydrogen-bond acceptors (Lipinski definition) is 5. The van der Waals surface area contributed by atoms with E-state index in [0.29, 0.717) is 13.1 Å². The molecule has 2 heterocycles. The zero-order valence-corrected chi connectivity index (χ0v) is 10.2. The number of methoxy groups -OCH3 is 1. The molecule has 2 aliphatic heterocycles. The second-order valence-corrected chi connectivity index (χ2v) is 4.43. The highest BCUT2D eigenvalue weighted by atomic mass is 16.6. The minimum Gasteiger partial charge on any atom is -0.477 e. The number of piperidine rings is 1. The van der Waals surface area contributed by atoms with Gasteiger partial charge in [-0.2, -0.15) is 0 Å². The van der Waals surface area contributed by atoms with Gasteiger partial charge in [0.1, 0.15) is 0 Å². The number of carboxylic acids is 1. The van der Waals surface area contributed by atoms with Crippen LogP contribution in [-0.2, 0) is 19.2 Å². The molecule has 1 fully saturated rings. The summed E-state index contributed by atoms with van der Waals surface area (Å²) in [6, 6.07) is 0. The first-order valence-corrected chi connectivity index (χ1v) is 5.89. The number of amides is 1. The van der Waals surface area contributed by atoms with E-state index in [1.165, 1.54) is 0 Å². The summed E-state index contributed by atoms with van der Waals surface area (Å²) in [5.74, 6) is -1.35. The van der Waals surface area contributed by atoms with Crippen molar-refractivity contribution in [1.82, 2.24) is 4.90 Å². The summed E-state index contributed by atoms with van der Waals surface area (Å²) in [5, 5.41) is 12.2. The Morgan fingerprint density at radius 1 is 1.56 bits per heavy atom. The molecule has 0 saturated carbocycles. The van der Waals surface area contributed by atoms with Crippen molar-refractivity contribution in [1.29, 1.82) is 0 Å². The highest BCUT2D eigenvalue weighted by molar-refractivity contribution is 6.36. The van der Waals surface area contributed by atoms with E-state index >= 15 is 0 Å². The summed E-state index contributed by atoms with van der Waals surface area (Å²) in [6.45, 7) is 1.18. The number of carboxylic acid groups (broad SMARTS) is 1. The van der Waals surface area contributed by atoms with Crippen molar-refractivity contribution in [2.24, 2.45) is 5.16 Å². The predicted molar refractivity (Wildman–Crippen MR) is 61.2 cm³/mol. The lowest BCUT2D eigenvalue weighted by atomic mass is 10.1. The van der Waals surface area contributed by atoms with E-state index in [9.17, 15) is 9.59 Å². The summed E-state index contributed by atoms with van der Waals surface area (Å²) in [4.78, 5) is 29.3. The molecule has 0 bridgehead atoms. The van der Waals surface area contributed by atoms with Crippen LogP contribution < -0.4 is 0 Å². The fourth-order valence-corrected chi connectivity index (χ4v) is 2.17. The normalized spacial score (nSPS) is 27.6. The summed E-state index contributed by atoms with van der Waals surface area (Å²) >= 11 is 0. The standard InChI is InChI=1S/C11H16N2O5/c1-17-7-3-2-4-13(6-7)10(14)9-5-8(11(15)16)12-18-9/h7,9H,2-6H2,1H3,(H,15,16). The summed E-state index contributed by atoms with van der Waals surface area (Å²) in [7, 11) is 1.62. The Morgan fingerprint density at radius 3 is 2.94 bits per heavy atom. The molecule has 7 heteroatoms. The second kappa shape index (κ2) is 5.34. The number of ether oxygens (including phenoxy) is 1. The average molecular weight is 256 g/mol. The molecule has 2 unspecified atom stereocenters. The summed E-state index contributed by atoms with van der Waals surface area (Å²) in [5.41, 5.74) is -0.103. The molecule has 7 nitrogen and oxygen atoms in total. The lowest BCUT2D eigenvalue weighted by Crippen LogP contribution is -2.47. The van der Waals surface area contributed by atoms with Crippen molar-refractivity contribution in [3.63, 3.8) is 0 Å². The first-order chi connectivity index (χ1) is 8.61. The van der Waals surface area contributed by atoms with Crippen molar-refractivity contribution in [3.05, 3.63) is 0 Å². The van der Waals surface area contributed by atoms with E-state index < -0.39 is 12.1 Å². The van der Waals surface area contributed by atoms with E-state index in [4.69, 9.17) is 14.7 Å². The van der Waals surface area contributed by atoms with Crippen LogP contribution in [0.5, 0.6) is 0 Å². The van der Waals surface area contributed by atoms with Crippen LogP contribution in [0.25, 0.3) is 0 Å². The Labute approximate surface area is 104 Å². The minimum atomic E-state index is -1.14. The highest BCUT2D eigenvalue weighted by Crippen LogP contribution is 2.18. The fourth-order valence-electron chi connectivity index (χ4n) is 2.17. The third kappa shape index (κ3) is 2.61. The van der Waals surface area contributed by atoms with Gasteiger partial charge in [-0.1, -0.05) is 5.16 Å². The molecule has 0 aliphatic carbocycles. The van der Waals surface area contributed by atoms with E-state index in [0.717, 1.165) is 12.8 Å². The lowest BCUT2D eigenvalue weighted by molar-refractivity contribution is -0.145. The molecule has 2 aliphatic rings. The van der Waals surface area contributed by atoms with Gasteiger partial charge in [0.05, 0.1) is 6.10 Å². The zero-order chi connectivity index (χ0) is 13.1. The monoisotopic (exact) mass is 256 g/mol. The molecule has 0 spiro atoms. The molecule has 100 valence electrons. The number of likely N-dealkylation sites (tertiary alicyclic amines) is 1. The van der Waals surface area contributed by atoms with Gasteiger partial charge >= 0.3 is 5.97 Å². The van der Waals surface area contributed by atoms with Crippen LogP contribution in [0.3, 0.4) is 0 Å². The number of nitrogens with zero attached hydrogens (tertiary/aromatic N) is 2. The number of carbonyl (C=O) groups is 2.